The molecule has 1 aromatic heterocycles. The van der Waals surface area contributed by atoms with Gasteiger partial charge < -0.3 is 32.3 Å². The van der Waals surface area contributed by atoms with E-state index in [1.807, 2.05) is 25.2 Å². The highest BCUT2D eigenvalue weighted by Crippen LogP contribution is 2.41. The van der Waals surface area contributed by atoms with Gasteiger partial charge in [-0.3, -0.25) is 0 Å². The van der Waals surface area contributed by atoms with Gasteiger partial charge in [0.1, 0.15) is 8.07 Å². The number of alkyl halides is 3. The lowest BCUT2D eigenvalue weighted by molar-refractivity contribution is -0.285. The predicted octanol–water partition coefficient (Wildman–Crippen LogP) is 6.51. The second-order valence-electron chi connectivity index (χ2n) is 14.3. The Morgan fingerprint density at radius 2 is 1.85 bits per heavy atom. The van der Waals surface area contributed by atoms with Gasteiger partial charge in [0.25, 0.3) is 5.88 Å². The molecule has 47 heavy (non-hydrogen) atoms. The maximum atomic E-state index is 12.8. The van der Waals surface area contributed by atoms with Crippen LogP contribution >= 0.6 is 0 Å². The number of rotatable bonds is 13. The van der Waals surface area contributed by atoms with Gasteiger partial charge >= 0.3 is 15.6 Å². The number of allylic oxidation sites excluding steroid dienone is 2. The minimum Gasteiger partial charge on any atom is -0.445 e. The zero-order valence-electron chi connectivity index (χ0n) is 29.1. The van der Waals surface area contributed by atoms with Crippen LogP contribution in [0.25, 0.3) is 0 Å². The molecule has 1 saturated heterocycles. The van der Waals surface area contributed by atoms with Crippen molar-refractivity contribution >= 4 is 26.5 Å². The molecule has 10 nitrogen and oxygen atoms in total. The van der Waals surface area contributed by atoms with E-state index in [0.717, 1.165) is 5.57 Å². The van der Waals surface area contributed by atoms with Crippen molar-refractivity contribution in [3.63, 3.8) is 0 Å². The summed E-state index contributed by atoms with van der Waals surface area (Å²) >= 11 is 0. The van der Waals surface area contributed by atoms with E-state index in [0.29, 0.717) is 19.1 Å². The molecule has 0 unspecified atom stereocenters. The van der Waals surface area contributed by atoms with Crippen LogP contribution in [0.1, 0.15) is 52.8 Å². The van der Waals surface area contributed by atoms with Crippen molar-refractivity contribution in [2.45, 2.75) is 127 Å². The second kappa shape index (κ2) is 15.7. The van der Waals surface area contributed by atoms with Crippen LogP contribution in [0.4, 0.5) is 13.2 Å². The Morgan fingerprint density at radius 1 is 1.21 bits per heavy atom. The predicted molar refractivity (Wildman–Crippen MR) is 177 cm³/mol. The lowest BCUT2D eigenvalue weighted by Gasteiger charge is -2.45. The first-order valence-corrected chi connectivity index (χ1v) is 23.1. The Bertz CT molecular complexity index is 1420. The summed E-state index contributed by atoms with van der Waals surface area (Å²) in [4.78, 5) is 3.68. The van der Waals surface area contributed by atoms with Crippen LogP contribution in [-0.4, -0.2) is 84.8 Å². The molecule has 0 radical (unpaired) electrons. The monoisotopic (exact) mass is 725 g/mol. The second-order valence-corrected chi connectivity index (χ2v) is 25.3. The molecule has 0 aromatic carbocycles. The Morgan fingerprint density at radius 3 is 2.38 bits per heavy atom. The molecule has 0 spiro atoms. The number of aliphatic hydroxyl groups is 1. The van der Waals surface area contributed by atoms with Gasteiger partial charge in [0.05, 0.1) is 30.8 Å². The summed E-state index contributed by atoms with van der Waals surface area (Å²) in [6.45, 7) is 19.0. The number of halogens is 3. The fourth-order valence-electron chi connectivity index (χ4n) is 4.33. The highest BCUT2D eigenvalue weighted by atomic mass is 32.2. The molecule has 0 bridgehead atoms. The summed E-state index contributed by atoms with van der Waals surface area (Å²) < 4.78 is 94.6. The fraction of sp³-hybridized carbons (Fsp3) is 0.710. The van der Waals surface area contributed by atoms with Gasteiger partial charge in [-0.25, -0.2) is 0 Å². The molecular formula is C31H50F3NO9SSi2. The molecular weight excluding hydrogens is 676 g/mol. The Hall–Kier alpha value is -1.98. The average Bonchev–Trinajstić information content (AvgIpc) is 3.32. The molecule has 1 aliphatic heterocycles. The van der Waals surface area contributed by atoms with E-state index in [9.17, 15) is 26.7 Å². The number of aromatic nitrogens is 1. The standard InChI is InChI=1S/C31H50F3NO9SSi2/c1-22(14-15-23(39-5)13-12-16-46(7,8)9)17-26(44-47(10,11)29(2,3)4)25-18-24(40-6)19-30(36,42-25)20-27-35-28(21-41-27)43-45(37,38)31(32,33)34/h14-15,17,21,23-26,36H,13,18-20H2,1-11H3/b15-14+,22-17+/t23-,24-,25-,26-,30+/m1/s1. The largest absolute Gasteiger partial charge is 0.534 e. The van der Waals surface area contributed by atoms with E-state index < -0.39 is 68.4 Å². The third-order valence-electron chi connectivity index (χ3n) is 7.86. The highest BCUT2D eigenvalue weighted by Gasteiger charge is 2.50. The van der Waals surface area contributed by atoms with Crippen LogP contribution in [0.15, 0.2) is 34.5 Å². The number of oxazole rings is 1. The van der Waals surface area contributed by atoms with Crippen LogP contribution in [0, 0.1) is 11.5 Å². The molecule has 1 N–H and O–H groups in total. The van der Waals surface area contributed by atoms with Crippen molar-refractivity contribution in [1.82, 2.24) is 4.98 Å². The normalized spacial score (nSPS) is 23.3. The molecule has 2 rings (SSSR count). The third kappa shape index (κ3) is 12.8. The van der Waals surface area contributed by atoms with E-state index in [2.05, 4.69) is 74.1 Å². The van der Waals surface area contributed by atoms with E-state index in [4.69, 9.17) is 23.1 Å². The molecule has 5 atom stereocenters. The van der Waals surface area contributed by atoms with Gasteiger partial charge in [0, 0.05) is 33.5 Å². The summed E-state index contributed by atoms with van der Waals surface area (Å²) in [7, 11) is -6.74. The van der Waals surface area contributed by atoms with Gasteiger partial charge in [-0.1, -0.05) is 64.2 Å². The minimum atomic E-state index is -5.96. The Labute approximate surface area is 279 Å². The number of nitrogens with zero attached hydrogens (tertiary/aromatic N) is 1. The lowest BCUT2D eigenvalue weighted by atomic mass is 9.93. The first-order chi connectivity index (χ1) is 21.3. The van der Waals surface area contributed by atoms with Crippen molar-refractivity contribution in [2.75, 3.05) is 14.2 Å². The number of ether oxygens (including phenoxy) is 3. The summed E-state index contributed by atoms with van der Waals surface area (Å²) in [6, 6.07) is 0. The first kappa shape index (κ1) is 41.2. The molecule has 1 aromatic rings. The topological polar surface area (TPSA) is 127 Å². The van der Waals surface area contributed by atoms with Gasteiger partial charge in [-0.2, -0.15) is 26.6 Å². The molecule has 0 aliphatic carbocycles. The minimum absolute atomic E-state index is 0.0250. The van der Waals surface area contributed by atoms with E-state index in [-0.39, 0.29) is 23.5 Å². The van der Waals surface area contributed by atoms with Gasteiger partial charge in [-0.05, 0) is 25.1 Å². The zero-order chi connectivity index (χ0) is 36.1. The van der Waals surface area contributed by atoms with E-state index >= 15 is 0 Å². The van der Waals surface area contributed by atoms with Crippen molar-refractivity contribution in [3.8, 4) is 17.3 Å². The van der Waals surface area contributed by atoms with Crippen LogP contribution < -0.4 is 4.18 Å². The van der Waals surface area contributed by atoms with Crippen molar-refractivity contribution in [2.24, 2.45) is 0 Å². The summed E-state index contributed by atoms with van der Waals surface area (Å²) in [5, 5.41) is 11.5. The van der Waals surface area contributed by atoms with Crippen LogP contribution in [-0.2, 0) is 35.2 Å². The zero-order valence-corrected chi connectivity index (χ0v) is 32.0. The van der Waals surface area contributed by atoms with Crippen molar-refractivity contribution in [3.05, 3.63) is 36.0 Å². The first-order valence-electron chi connectivity index (χ1n) is 15.2. The fourth-order valence-corrected chi connectivity index (χ4v) is 6.62. The highest BCUT2D eigenvalue weighted by molar-refractivity contribution is 7.87. The summed E-state index contributed by atoms with van der Waals surface area (Å²) in [5.74, 6) is 0.0620. The average molecular weight is 726 g/mol. The van der Waals surface area contributed by atoms with Crippen molar-refractivity contribution < 1.29 is 53.9 Å². The maximum Gasteiger partial charge on any atom is 0.534 e. The Balaban J connectivity index is 2.40. The maximum absolute atomic E-state index is 12.8. The number of hydrogen-bond donors (Lipinski definition) is 1. The summed E-state index contributed by atoms with van der Waals surface area (Å²) in [6.07, 6.45) is 4.83. The van der Waals surface area contributed by atoms with Crippen LogP contribution in [0.5, 0.6) is 5.88 Å². The summed E-state index contributed by atoms with van der Waals surface area (Å²) in [5.41, 5.74) is -1.44. The Kier molecular flexibility index (Phi) is 13.8. The van der Waals surface area contributed by atoms with E-state index in [1.165, 1.54) is 7.11 Å². The molecule has 268 valence electrons. The molecule has 2 heterocycles. The smallest absolute Gasteiger partial charge is 0.445 e. The van der Waals surface area contributed by atoms with Crippen LogP contribution in [0.2, 0.25) is 37.8 Å². The van der Waals surface area contributed by atoms with Gasteiger partial charge in [0.15, 0.2) is 20.4 Å². The molecule has 0 saturated carbocycles. The lowest BCUT2D eigenvalue weighted by Crippen LogP contribution is -2.54. The number of hydrogen-bond acceptors (Lipinski definition) is 10. The molecule has 0 amide bonds. The molecule has 16 heteroatoms. The quantitative estimate of drug-likeness (QED) is 0.0791. The van der Waals surface area contributed by atoms with Gasteiger partial charge in [-0.15, -0.1) is 11.5 Å². The van der Waals surface area contributed by atoms with Crippen molar-refractivity contribution in [1.29, 1.82) is 0 Å². The van der Waals surface area contributed by atoms with Crippen LogP contribution in [0.3, 0.4) is 0 Å². The van der Waals surface area contributed by atoms with E-state index in [1.54, 1.807) is 7.11 Å². The SMILES string of the molecule is CO[C@@H]1C[C@H]([C@@H](/C=C(C)/C=C/[C@@H](CC#C[Si](C)(C)C)OC)O[Si](C)(C)C(C)(C)C)O[C@](O)(Cc2nc(OS(=O)(=O)C(F)(F)F)co2)C1. The molecule has 1 fully saturated rings. The number of methoxy groups -OCH3 is 2. The third-order valence-corrected chi connectivity index (χ3v) is 14.2. The molecule has 1 aliphatic rings. The van der Waals surface area contributed by atoms with Gasteiger partial charge in [0.2, 0.25) is 5.89 Å².